The third-order valence-corrected chi connectivity index (χ3v) is 5.27. The molecule has 0 aliphatic heterocycles. The summed E-state index contributed by atoms with van der Waals surface area (Å²) in [5.74, 6) is -2.25. The zero-order chi connectivity index (χ0) is 19.8. The molecule has 140 valence electrons. The van der Waals surface area contributed by atoms with Crippen LogP contribution in [-0.4, -0.2) is 36.2 Å². The maximum absolute atomic E-state index is 14.0. The highest BCUT2D eigenvalue weighted by molar-refractivity contribution is 7.91. The Hall–Kier alpha value is -2.53. The molecule has 2 aromatic rings. The number of anilines is 1. The van der Waals surface area contributed by atoms with Crippen molar-refractivity contribution in [3.8, 4) is 0 Å². The average molecular weight is 392 g/mol. The Labute approximate surface area is 145 Å². The Kier molecular flexibility index (Phi) is 5.06. The van der Waals surface area contributed by atoms with Crippen molar-refractivity contribution in [3.05, 3.63) is 48.8 Å². The van der Waals surface area contributed by atoms with E-state index in [2.05, 4.69) is 4.98 Å². The van der Waals surface area contributed by atoms with E-state index in [1.165, 1.54) is 24.5 Å². The van der Waals surface area contributed by atoms with Crippen molar-refractivity contribution in [3.63, 3.8) is 0 Å². The fourth-order valence-electron chi connectivity index (χ4n) is 1.84. The minimum Gasteiger partial charge on any atom is -0.373 e. The Morgan fingerprint density at radius 2 is 1.50 bits per heavy atom. The molecule has 0 saturated carbocycles. The number of amides is 1. The molecule has 1 aromatic carbocycles. The Morgan fingerprint density at radius 3 is 1.96 bits per heavy atom. The zero-order valence-electron chi connectivity index (χ0n) is 13.1. The molecule has 1 atom stereocenters. The molecule has 0 radical (unpaired) electrons. The summed E-state index contributed by atoms with van der Waals surface area (Å²) in [4.78, 5) is 14.9. The number of aliphatic hydroxyl groups is 1. The van der Waals surface area contributed by atoms with Crippen molar-refractivity contribution >= 4 is 21.4 Å². The van der Waals surface area contributed by atoms with Crippen molar-refractivity contribution in [2.75, 3.05) is 5.12 Å². The summed E-state index contributed by atoms with van der Waals surface area (Å²) in [5.41, 5.74) is -4.61. The molecule has 1 aromatic heterocycles. The number of carbonyl (C=O) groups is 1. The summed E-state index contributed by atoms with van der Waals surface area (Å²) in [7, 11) is -3.95. The van der Waals surface area contributed by atoms with Crippen LogP contribution in [0.5, 0.6) is 0 Å². The number of rotatable bonds is 4. The van der Waals surface area contributed by atoms with Crippen LogP contribution in [0.1, 0.15) is 6.92 Å². The van der Waals surface area contributed by atoms with E-state index in [1.54, 1.807) is 0 Å². The van der Waals surface area contributed by atoms with Crippen LogP contribution in [0.25, 0.3) is 0 Å². The fourth-order valence-corrected chi connectivity index (χ4v) is 3.09. The summed E-state index contributed by atoms with van der Waals surface area (Å²) >= 11 is 0. The predicted octanol–water partition coefficient (Wildman–Crippen LogP) is 2.45. The molecule has 1 heterocycles. The number of pyridine rings is 1. The van der Waals surface area contributed by atoms with E-state index in [4.69, 9.17) is 0 Å². The van der Waals surface area contributed by atoms with Crippen molar-refractivity contribution in [1.29, 1.82) is 0 Å². The largest absolute Gasteiger partial charge is 0.426 e. The zero-order valence-corrected chi connectivity index (χ0v) is 13.9. The molecule has 2 rings (SSSR count). The van der Waals surface area contributed by atoms with Gasteiger partial charge < -0.3 is 5.11 Å². The molecule has 1 amide bonds. The van der Waals surface area contributed by atoms with Crippen LogP contribution in [0.4, 0.5) is 23.3 Å². The third kappa shape index (κ3) is 3.53. The van der Waals surface area contributed by atoms with Crippen LogP contribution >= 0.6 is 0 Å². The summed E-state index contributed by atoms with van der Waals surface area (Å²) in [6, 6.07) is 5.92. The minimum absolute atomic E-state index is 0.0894. The van der Waals surface area contributed by atoms with Crippen LogP contribution < -0.4 is 5.12 Å². The Morgan fingerprint density at radius 1 is 1.04 bits per heavy atom. The molecule has 1 unspecified atom stereocenters. The van der Waals surface area contributed by atoms with Gasteiger partial charge in [-0.15, -0.1) is 5.12 Å². The number of hydrogen-bond donors (Lipinski definition) is 1. The van der Waals surface area contributed by atoms with Gasteiger partial charge in [-0.3, -0.25) is 9.78 Å². The quantitative estimate of drug-likeness (QED) is 0.638. The number of carbonyl (C=O) groups excluding carboxylic acids is 1. The standard InChI is InChI=1S/C15H12F4N2O4S/c1-14(23,15(16,17)18)13(22)21(19)10-2-4-11(5-3-10)26(24,25)12-6-8-20-9-7-12/h2-9,23H,1H3. The van der Waals surface area contributed by atoms with Crippen LogP contribution in [0.2, 0.25) is 0 Å². The first-order valence-corrected chi connectivity index (χ1v) is 8.42. The highest BCUT2D eigenvalue weighted by Crippen LogP contribution is 2.33. The van der Waals surface area contributed by atoms with E-state index in [0.717, 1.165) is 24.3 Å². The lowest BCUT2D eigenvalue weighted by Gasteiger charge is -2.27. The Balaban J connectivity index is 2.31. The van der Waals surface area contributed by atoms with Gasteiger partial charge in [0.1, 0.15) is 0 Å². The SMILES string of the molecule is CC(O)(C(=O)N(F)c1ccc(S(=O)(=O)c2ccncc2)cc1)C(F)(F)F. The van der Waals surface area contributed by atoms with E-state index in [9.17, 15) is 36.0 Å². The molecule has 6 nitrogen and oxygen atoms in total. The van der Waals surface area contributed by atoms with Gasteiger partial charge in [-0.05, 0) is 43.3 Å². The number of alkyl halides is 3. The Bertz CT molecular complexity index is 897. The second-order valence-electron chi connectivity index (χ2n) is 5.34. The summed E-state index contributed by atoms with van der Waals surface area (Å²) in [6.45, 7) is 0.115. The van der Waals surface area contributed by atoms with Crippen molar-refractivity contribution in [1.82, 2.24) is 4.98 Å². The van der Waals surface area contributed by atoms with Crippen LogP contribution in [-0.2, 0) is 14.6 Å². The first-order valence-electron chi connectivity index (χ1n) is 6.93. The third-order valence-electron chi connectivity index (χ3n) is 3.48. The van der Waals surface area contributed by atoms with Gasteiger partial charge in [-0.25, -0.2) is 8.42 Å². The number of halogens is 4. The molecule has 11 heteroatoms. The molecular weight excluding hydrogens is 380 g/mol. The number of benzene rings is 1. The highest BCUT2D eigenvalue weighted by atomic mass is 32.2. The number of nitrogens with zero attached hydrogens (tertiary/aromatic N) is 2. The van der Waals surface area contributed by atoms with Crippen LogP contribution in [0, 0.1) is 0 Å². The van der Waals surface area contributed by atoms with Gasteiger partial charge in [0.15, 0.2) is 0 Å². The maximum Gasteiger partial charge on any atom is 0.426 e. The fraction of sp³-hybridized carbons (Fsp3) is 0.200. The lowest BCUT2D eigenvalue weighted by molar-refractivity contribution is -0.245. The lowest BCUT2D eigenvalue weighted by atomic mass is 10.1. The van der Waals surface area contributed by atoms with Gasteiger partial charge >= 0.3 is 6.18 Å². The molecule has 0 saturated heterocycles. The van der Waals surface area contributed by atoms with Crippen molar-refractivity contribution in [2.24, 2.45) is 0 Å². The molecule has 26 heavy (non-hydrogen) atoms. The number of sulfone groups is 1. The predicted molar refractivity (Wildman–Crippen MR) is 81.4 cm³/mol. The average Bonchev–Trinajstić information content (AvgIpc) is 2.60. The van der Waals surface area contributed by atoms with E-state index >= 15 is 0 Å². The molecule has 0 aliphatic carbocycles. The topological polar surface area (TPSA) is 87.6 Å². The number of hydrogen-bond acceptors (Lipinski definition) is 5. The van der Waals surface area contributed by atoms with Crippen LogP contribution in [0.3, 0.4) is 0 Å². The van der Waals surface area contributed by atoms with Gasteiger partial charge in [0.05, 0.1) is 15.5 Å². The monoisotopic (exact) mass is 392 g/mol. The molecule has 1 N–H and O–H groups in total. The first-order chi connectivity index (χ1) is 11.9. The van der Waals surface area contributed by atoms with Gasteiger partial charge in [0.25, 0.3) is 5.91 Å². The highest BCUT2D eigenvalue weighted by Gasteiger charge is 2.58. The summed E-state index contributed by atoms with van der Waals surface area (Å²) in [5, 5.41) is 8.33. The molecular formula is C15H12F4N2O4S. The second kappa shape index (κ2) is 6.65. The number of aromatic nitrogens is 1. The van der Waals surface area contributed by atoms with Gasteiger partial charge in [-0.2, -0.15) is 13.2 Å². The molecule has 0 spiro atoms. The molecule has 0 fully saturated rings. The molecule has 0 bridgehead atoms. The van der Waals surface area contributed by atoms with Crippen molar-refractivity contribution < 1.29 is 36.0 Å². The summed E-state index contributed by atoms with van der Waals surface area (Å²) in [6.07, 6.45) is -2.88. The normalized spacial score (nSPS) is 14.5. The van der Waals surface area contributed by atoms with Crippen LogP contribution in [0.15, 0.2) is 58.6 Å². The van der Waals surface area contributed by atoms with Gasteiger partial charge in [-0.1, -0.05) is 4.48 Å². The lowest BCUT2D eigenvalue weighted by Crippen LogP contribution is -2.54. The summed E-state index contributed by atoms with van der Waals surface area (Å²) < 4.78 is 76.5. The first kappa shape index (κ1) is 19.8. The molecule has 0 aliphatic rings. The van der Waals surface area contributed by atoms with E-state index < -0.39 is 38.3 Å². The van der Waals surface area contributed by atoms with Gasteiger partial charge in [0, 0.05) is 12.4 Å². The smallest absolute Gasteiger partial charge is 0.373 e. The van der Waals surface area contributed by atoms with Crippen molar-refractivity contribution in [2.45, 2.75) is 28.5 Å². The van der Waals surface area contributed by atoms with E-state index in [-0.39, 0.29) is 16.7 Å². The maximum atomic E-state index is 14.0. The van der Waals surface area contributed by atoms with E-state index in [1.807, 2.05) is 0 Å². The van der Waals surface area contributed by atoms with Gasteiger partial charge in [0.2, 0.25) is 15.4 Å². The second-order valence-corrected chi connectivity index (χ2v) is 7.29. The minimum atomic E-state index is -5.39. The van der Waals surface area contributed by atoms with E-state index in [0.29, 0.717) is 0 Å².